The summed E-state index contributed by atoms with van der Waals surface area (Å²) in [5, 5.41) is 0. The van der Waals surface area contributed by atoms with Gasteiger partial charge in [0.05, 0.1) is 7.11 Å². The summed E-state index contributed by atoms with van der Waals surface area (Å²) in [6.45, 7) is 6.94. The summed E-state index contributed by atoms with van der Waals surface area (Å²) in [6.07, 6.45) is -0.544. The highest BCUT2D eigenvalue weighted by Gasteiger charge is 2.25. The van der Waals surface area contributed by atoms with Crippen LogP contribution in [0.2, 0.25) is 0 Å². The van der Waals surface area contributed by atoms with Gasteiger partial charge < -0.3 is 20.1 Å². The van der Waals surface area contributed by atoms with Crippen molar-refractivity contribution in [2.75, 3.05) is 27.2 Å². The van der Waals surface area contributed by atoms with Crippen LogP contribution in [0.1, 0.15) is 20.8 Å². The minimum absolute atomic E-state index is 0. The molecule has 0 saturated carbocycles. The predicted molar refractivity (Wildman–Crippen MR) is 90.8 cm³/mol. The third-order valence-corrected chi connectivity index (χ3v) is 3.31. The molecule has 1 rings (SSSR count). The maximum atomic E-state index is 12.3. The number of hydrogen-bond donors (Lipinski definition) is 1. The maximum Gasteiger partial charge on any atom is 0.263 e. The van der Waals surface area contributed by atoms with E-state index < -0.39 is 6.10 Å². The molecular weight excluding hydrogens is 304 g/mol. The molecule has 22 heavy (non-hydrogen) atoms. The molecule has 0 saturated heterocycles. The van der Waals surface area contributed by atoms with E-state index in [2.05, 4.69) is 0 Å². The lowest BCUT2D eigenvalue weighted by molar-refractivity contribution is -0.137. The third kappa shape index (κ3) is 6.12. The average Bonchev–Trinajstić information content (AvgIpc) is 2.46. The molecular formula is C16H27ClN2O3. The zero-order valence-electron chi connectivity index (χ0n) is 14.0. The minimum Gasteiger partial charge on any atom is -0.497 e. The lowest BCUT2D eigenvalue weighted by Gasteiger charge is -2.30. The van der Waals surface area contributed by atoms with Gasteiger partial charge in [-0.15, -0.1) is 12.4 Å². The smallest absolute Gasteiger partial charge is 0.263 e. The molecule has 1 amide bonds. The first-order chi connectivity index (χ1) is 9.79. The fourth-order valence-electron chi connectivity index (χ4n) is 2.00. The van der Waals surface area contributed by atoms with Gasteiger partial charge in [-0.1, -0.05) is 13.8 Å². The summed E-state index contributed by atoms with van der Waals surface area (Å²) in [5.74, 6) is 1.33. The van der Waals surface area contributed by atoms with Crippen molar-refractivity contribution in [3.8, 4) is 11.5 Å². The molecule has 1 aromatic carbocycles. The number of ether oxygens (including phenoxy) is 2. The fourth-order valence-corrected chi connectivity index (χ4v) is 2.00. The predicted octanol–water partition coefficient (Wildman–Crippen LogP) is 2.33. The topological polar surface area (TPSA) is 64.8 Å². The van der Waals surface area contributed by atoms with Gasteiger partial charge in [0, 0.05) is 13.6 Å². The number of carbonyl (C=O) groups is 1. The molecule has 6 heteroatoms. The lowest BCUT2D eigenvalue weighted by Crippen LogP contribution is -2.44. The number of likely N-dealkylation sites (N-methyl/N-ethyl adjacent to an activating group) is 1. The van der Waals surface area contributed by atoms with Gasteiger partial charge in [0.2, 0.25) is 0 Å². The van der Waals surface area contributed by atoms with E-state index in [9.17, 15) is 4.79 Å². The summed E-state index contributed by atoms with van der Waals surface area (Å²) < 4.78 is 10.8. The second kappa shape index (κ2) is 8.86. The van der Waals surface area contributed by atoms with Crippen molar-refractivity contribution < 1.29 is 14.3 Å². The monoisotopic (exact) mass is 330 g/mol. The Hall–Kier alpha value is -1.46. The highest BCUT2D eigenvalue weighted by Crippen LogP contribution is 2.19. The molecule has 0 bridgehead atoms. The second-order valence-corrected chi connectivity index (χ2v) is 6.00. The van der Waals surface area contributed by atoms with Crippen LogP contribution in [0.3, 0.4) is 0 Å². The molecule has 1 aromatic rings. The Labute approximate surface area is 139 Å². The number of carbonyl (C=O) groups excluding carboxylic acids is 1. The van der Waals surface area contributed by atoms with Crippen LogP contribution in [-0.4, -0.2) is 44.2 Å². The Bertz CT molecular complexity index is 463. The van der Waals surface area contributed by atoms with E-state index in [1.165, 1.54) is 0 Å². The first kappa shape index (κ1) is 20.5. The zero-order valence-corrected chi connectivity index (χ0v) is 14.8. The Kier molecular flexibility index (Phi) is 8.27. The number of benzene rings is 1. The molecule has 126 valence electrons. The Morgan fingerprint density at radius 1 is 1.27 bits per heavy atom. The zero-order chi connectivity index (χ0) is 16.0. The van der Waals surface area contributed by atoms with Crippen LogP contribution in [0, 0.1) is 5.41 Å². The standard InChI is InChI=1S/C16H26N2O3.ClH/c1-12(15(19)18(4)11-16(2,3)10-17)21-14-8-6-13(20-5)7-9-14;/h6-9,12H,10-11,17H2,1-5H3;1H. The molecule has 0 aliphatic rings. The van der Waals surface area contributed by atoms with Crippen molar-refractivity contribution in [1.29, 1.82) is 0 Å². The van der Waals surface area contributed by atoms with Crippen LogP contribution >= 0.6 is 12.4 Å². The number of hydrogen-bond acceptors (Lipinski definition) is 4. The maximum absolute atomic E-state index is 12.3. The Morgan fingerprint density at radius 2 is 1.77 bits per heavy atom. The van der Waals surface area contributed by atoms with Crippen LogP contribution in [0.15, 0.2) is 24.3 Å². The van der Waals surface area contributed by atoms with Crippen LogP contribution in [0.4, 0.5) is 0 Å². The summed E-state index contributed by atoms with van der Waals surface area (Å²) in [6, 6.07) is 7.17. The molecule has 2 N–H and O–H groups in total. The van der Waals surface area contributed by atoms with Crippen LogP contribution in [0.25, 0.3) is 0 Å². The SMILES string of the molecule is COc1ccc(OC(C)C(=O)N(C)CC(C)(C)CN)cc1.Cl. The van der Waals surface area contributed by atoms with Crippen molar-refractivity contribution >= 4 is 18.3 Å². The van der Waals surface area contributed by atoms with Gasteiger partial charge in [0.15, 0.2) is 6.10 Å². The molecule has 5 nitrogen and oxygen atoms in total. The normalized spacial score (nSPS) is 12.1. The number of nitrogens with two attached hydrogens (primary N) is 1. The molecule has 0 fully saturated rings. The van der Waals surface area contributed by atoms with Gasteiger partial charge in [0.1, 0.15) is 11.5 Å². The van der Waals surface area contributed by atoms with E-state index in [0.29, 0.717) is 18.8 Å². The quantitative estimate of drug-likeness (QED) is 0.833. The van der Waals surface area contributed by atoms with Gasteiger partial charge in [-0.25, -0.2) is 0 Å². The average molecular weight is 331 g/mol. The molecule has 0 spiro atoms. The molecule has 1 atom stereocenters. The number of methoxy groups -OCH3 is 1. The summed E-state index contributed by atoms with van der Waals surface area (Å²) >= 11 is 0. The van der Waals surface area contributed by atoms with Crippen molar-refractivity contribution in [2.24, 2.45) is 11.1 Å². The van der Waals surface area contributed by atoms with E-state index in [1.54, 1.807) is 50.2 Å². The van der Waals surface area contributed by atoms with Crippen LogP contribution in [0.5, 0.6) is 11.5 Å². The van der Waals surface area contributed by atoms with E-state index in [4.69, 9.17) is 15.2 Å². The Balaban J connectivity index is 0.00000441. The van der Waals surface area contributed by atoms with Gasteiger partial charge in [-0.2, -0.15) is 0 Å². The van der Waals surface area contributed by atoms with E-state index in [1.807, 2.05) is 13.8 Å². The highest BCUT2D eigenvalue weighted by molar-refractivity contribution is 5.85. The minimum atomic E-state index is -0.544. The number of rotatable bonds is 7. The van der Waals surface area contributed by atoms with Crippen molar-refractivity contribution in [3.63, 3.8) is 0 Å². The van der Waals surface area contributed by atoms with Crippen LogP contribution in [-0.2, 0) is 4.79 Å². The van der Waals surface area contributed by atoms with Crippen molar-refractivity contribution in [3.05, 3.63) is 24.3 Å². The fraction of sp³-hybridized carbons (Fsp3) is 0.562. The van der Waals surface area contributed by atoms with E-state index in [-0.39, 0.29) is 23.7 Å². The molecule has 0 aliphatic carbocycles. The van der Waals surface area contributed by atoms with Gasteiger partial charge in [-0.05, 0) is 43.1 Å². The van der Waals surface area contributed by atoms with E-state index in [0.717, 1.165) is 5.75 Å². The first-order valence-electron chi connectivity index (χ1n) is 7.05. The molecule has 0 radical (unpaired) electrons. The van der Waals surface area contributed by atoms with E-state index >= 15 is 0 Å². The number of nitrogens with zero attached hydrogens (tertiary/aromatic N) is 1. The van der Waals surface area contributed by atoms with Crippen molar-refractivity contribution in [1.82, 2.24) is 4.90 Å². The molecule has 0 aliphatic heterocycles. The third-order valence-electron chi connectivity index (χ3n) is 3.31. The molecule has 1 unspecified atom stereocenters. The largest absolute Gasteiger partial charge is 0.497 e. The first-order valence-corrected chi connectivity index (χ1v) is 7.05. The summed E-state index contributed by atoms with van der Waals surface area (Å²) in [7, 11) is 3.38. The number of amides is 1. The second-order valence-electron chi connectivity index (χ2n) is 6.00. The van der Waals surface area contributed by atoms with Crippen molar-refractivity contribution in [2.45, 2.75) is 26.9 Å². The number of halogens is 1. The molecule has 0 heterocycles. The van der Waals surface area contributed by atoms with Crippen LogP contribution < -0.4 is 15.2 Å². The Morgan fingerprint density at radius 3 is 2.23 bits per heavy atom. The molecule has 0 aromatic heterocycles. The summed E-state index contributed by atoms with van der Waals surface area (Å²) in [4.78, 5) is 14.0. The lowest BCUT2D eigenvalue weighted by atomic mass is 9.93. The summed E-state index contributed by atoms with van der Waals surface area (Å²) in [5.41, 5.74) is 5.59. The van der Waals surface area contributed by atoms with Gasteiger partial charge in [0.25, 0.3) is 5.91 Å². The van der Waals surface area contributed by atoms with Gasteiger partial charge >= 0.3 is 0 Å². The highest BCUT2D eigenvalue weighted by atomic mass is 35.5. The van der Waals surface area contributed by atoms with Gasteiger partial charge in [-0.3, -0.25) is 4.79 Å².